The number of carbonyl (C=O) groups is 1. The minimum absolute atomic E-state index is 0.104. The molecule has 1 saturated heterocycles. The van der Waals surface area contributed by atoms with Crippen molar-refractivity contribution < 1.29 is 14.3 Å². The van der Waals surface area contributed by atoms with Crippen LogP contribution in [0.25, 0.3) is 0 Å². The van der Waals surface area contributed by atoms with E-state index in [4.69, 9.17) is 4.42 Å². The third-order valence-corrected chi connectivity index (χ3v) is 4.27. The average molecular weight is 323 g/mol. The van der Waals surface area contributed by atoms with Crippen molar-refractivity contribution >= 4 is 6.03 Å². The number of aliphatic hydroxyl groups is 1. The number of furan rings is 1. The molecular formula is C17H29N3O3. The van der Waals surface area contributed by atoms with Crippen molar-refractivity contribution in [1.82, 2.24) is 15.5 Å². The Morgan fingerprint density at radius 1 is 1.39 bits per heavy atom. The van der Waals surface area contributed by atoms with Gasteiger partial charge in [0, 0.05) is 13.1 Å². The fourth-order valence-electron chi connectivity index (χ4n) is 2.90. The molecule has 1 aliphatic rings. The van der Waals surface area contributed by atoms with Crippen LogP contribution < -0.4 is 10.6 Å². The van der Waals surface area contributed by atoms with Gasteiger partial charge in [-0.15, -0.1) is 0 Å². The second-order valence-corrected chi connectivity index (χ2v) is 6.78. The molecule has 1 fully saturated rings. The van der Waals surface area contributed by atoms with Crippen LogP contribution in [-0.4, -0.2) is 48.8 Å². The quantitative estimate of drug-likeness (QED) is 0.716. The van der Waals surface area contributed by atoms with Crippen LogP contribution in [0, 0.1) is 5.92 Å². The van der Waals surface area contributed by atoms with Gasteiger partial charge in [-0.2, -0.15) is 0 Å². The number of urea groups is 1. The molecule has 2 amide bonds. The van der Waals surface area contributed by atoms with Crippen molar-refractivity contribution in [2.24, 2.45) is 5.92 Å². The summed E-state index contributed by atoms with van der Waals surface area (Å²) in [6.45, 7) is 7.85. The number of carbonyl (C=O) groups excluding carboxylic acids is 1. The van der Waals surface area contributed by atoms with Crippen molar-refractivity contribution in [3.63, 3.8) is 0 Å². The smallest absolute Gasteiger partial charge is 0.314 e. The van der Waals surface area contributed by atoms with E-state index in [9.17, 15) is 9.90 Å². The maximum absolute atomic E-state index is 11.9. The van der Waals surface area contributed by atoms with Crippen LogP contribution in [0.5, 0.6) is 0 Å². The van der Waals surface area contributed by atoms with Crippen molar-refractivity contribution in [1.29, 1.82) is 0 Å². The van der Waals surface area contributed by atoms with E-state index in [-0.39, 0.29) is 12.6 Å². The molecule has 130 valence electrons. The largest absolute Gasteiger partial charge is 0.466 e. The highest BCUT2D eigenvalue weighted by Crippen LogP contribution is 2.19. The molecule has 6 heteroatoms. The molecule has 3 N–H and O–H groups in total. The van der Waals surface area contributed by atoms with Gasteiger partial charge in [-0.1, -0.05) is 13.3 Å². The number of likely N-dealkylation sites (tertiary alicyclic amines) is 1. The highest BCUT2D eigenvalue weighted by atomic mass is 16.4. The summed E-state index contributed by atoms with van der Waals surface area (Å²) >= 11 is 0. The van der Waals surface area contributed by atoms with Crippen LogP contribution in [0.4, 0.5) is 4.79 Å². The van der Waals surface area contributed by atoms with E-state index in [1.54, 1.807) is 19.1 Å². The number of nitrogens with one attached hydrogen (secondary N) is 2. The van der Waals surface area contributed by atoms with E-state index in [1.165, 1.54) is 38.6 Å². The van der Waals surface area contributed by atoms with Crippen molar-refractivity contribution in [2.45, 2.75) is 38.7 Å². The zero-order valence-electron chi connectivity index (χ0n) is 14.2. The SMILES string of the molecule is CC(CNC(=O)NCC(C)(O)c1ccco1)CN1CCCCC1. The van der Waals surface area contributed by atoms with Gasteiger partial charge >= 0.3 is 6.03 Å². The summed E-state index contributed by atoms with van der Waals surface area (Å²) < 4.78 is 5.19. The van der Waals surface area contributed by atoms with E-state index in [0.29, 0.717) is 18.2 Å². The minimum Gasteiger partial charge on any atom is -0.466 e. The van der Waals surface area contributed by atoms with E-state index >= 15 is 0 Å². The lowest BCUT2D eigenvalue weighted by Crippen LogP contribution is -2.45. The van der Waals surface area contributed by atoms with E-state index in [0.717, 1.165) is 6.54 Å². The summed E-state index contributed by atoms with van der Waals surface area (Å²) in [5.74, 6) is 0.848. The van der Waals surface area contributed by atoms with Crippen LogP contribution in [-0.2, 0) is 5.60 Å². The number of nitrogens with zero attached hydrogens (tertiary/aromatic N) is 1. The van der Waals surface area contributed by atoms with Crippen LogP contribution in [0.1, 0.15) is 38.9 Å². The van der Waals surface area contributed by atoms with E-state index in [2.05, 4.69) is 22.5 Å². The molecule has 2 unspecified atom stereocenters. The van der Waals surface area contributed by atoms with Gasteiger partial charge in [0.1, 0.15) is 11.4 Å². The van der Waals surface area contributed by atoms with Gasteiger partial charge in [-0.3, -0.25) is 0 Å². The standard InChI is InChI=1S/C17H29N3O3/c1-14(12-20-8-4-3-5-9-20)11-18-16(21)19-13-17(2,22)15-7-6-10-23-15/h6-7,10,14,22H,3-5,8-9,11-13H2,1-2H3,(H2,18,19,21). The van der Waals surface area contributed by atoms with Crippen molar-refractivity contribution in [3.05, 3.63) is 24.2 Å². The van der Waals surface area contributed by atoms with E-state index in [1.807, 2.05) is 0 Å². The summed E-state index contributed by atoms with van der Waals surface area (Å²) in [7, 11) is 0. The fraction of sp³-hybridized carbons (Fsp3) is 0.706. The molecule has 0 aliphatic carbocycles. The normalized spacial score (nSPS) is 19.8. The van der Waals surface area contributed by atoms with Crippen LogP contribution >= 0.6 is 0 Å². The van der Waals surface area contributed by atoms with Gasteiger partial charge in [-0.25, -0.2) is 4.79 Å². The summed E-state index contributed by atoms with van der Waals surface area (Å²) in [5, 5.41) is 15.8. The molecule has 0 aromatic carbocycles. The van der Waals surface area contributed by atoms with Crippen molar-refractivity contribution in [3.8, 4) is 0 Å². The van der Waals surface area contributed by atoms with Crippen LogP contribution in [0.15, 0.2) is 22.8 Å². The molecule has 1 aromatic heterocycles. The monoisotopic (exact) mass is 323 g/mol. The summed E-state index contributed by atoms with van der Waals surface area (Å²) in [4.78, 5) is 14.3. The summed E-state index contributed by atoms with van der Waals surface area (Å²) in [6, 6.07) is 3.15. The molecule has 23 heavy (non-hydrogen) atoms. The first kappa shape index (κ1) is 17.8. The molecule has 0 saturated carbocycles. The first-order valence-corrected chi connectivity index (χ1v) is 8.48. The van der Waals surface area contributed by atoms with Gasteiger partial charge in [0.2, 0.25) is 0 Å². The molecule has 0 spiro atoms. The van der Waals surface area contributed by atoms with Gasteiger partial charge in [0.05, 0.1) is 12.8 Å². The molecule has 6 nitrogen and oxygen atoms in total. The Morgan fingerprint density at radius 3 is 2.78 bits per heavy atom. The highest BCUT2D eigenvalue weighted by molar-refractivity contribution is 5.73. The Balaban J connectivity index is 1.64. The predicted octanol–water partition coefficient (Wildman–Crippen LogP) is 1.91. The van der Waals surface area contributed by atoms with Gasteiger partial charge in [0.25, 0.3) is 0 Å². The Bertz CT molecular complexity index is 467. The molecule has 2 heterocycles. The summed E-state index contributed by atoms with van der Waals surface area (Å²) in [5.41, 5.74) is -1.21. The Kier molecular flexibility index (Phi) is 6.47. The molecule has 1 aliphatic heterocycles. The lowest BCUT2D eigenvalue weighted by molar-refractivity contribution is 0.0367. The third kappa shape index (κ3) is 5.88. The first-order valence-electron chi connectivity index (χ1n) is 8.48. The Hall–Kier alpha value is -1.53. The zero-order valence-corrected chi connectivity index (χ0v) is 14.2. The predicted molar refractivity (Wildman–Crippen MR) is 89.1 cm³/mol. The maximum Gasteiger partial charge on any atom is 0.314 e. The minimum atomic E-state index is -1.21. The van der Waals surface area contributed by atoms with Crippen molar-refractivity contribution in [2.75, 3.05) is 32.7 Å². The highest BCUT2D eigenvalue weighted by Gasteiger charge is 2.26. The molecular weight excluding hydrogens is 294 g/mol. The number of piperidine rings is 1. The average Bonchev–Trinajstić information content (AvgIpc) is 3.07. The Labute approximate surface area is 138 Å². The van der Waals surface area contributed by atoms with Gasteiger partial charge < -0.3 is 25.1 Å². The lowest BCUT2D eigenvalue weighted by atomic mass is 10.0. The fourth-order valence-corrected chi connectivity index (χ4v) is 2.90. The van der Waals surface area contributed by atoms with Gasteiger partial charge in [0.15, 0.2) is 0 Å². The van der Waals surface area contributed by atoms with Gasteiger partial charge in [-0.05, 0) is 50.9 Å². The molecule has 0 bridgehead atoms. The van der Waals surface area contributed by atoms with E-state index < -0.39 is 5.60 Å². The molecule has 2 rings (SSSR count). The number of hydrogen-bond donors (Lipinski definition) is 3. The van der Waals surface area contributed by atoms with Crippen LogP contribution in [0.2, 0.25) is 0 Å². The number of rotatable bonds is 7. The second kappa shape index (κ2) is 8.36. The zero-order chi connectivity index (χ0) is 16.7. The molecule has 1 aromatic rings. The number of hydrogen-bond acceptors (Lipinski definition) is 4. The second-order valence-electron chi connectivity index (χ2n) is 6.78. The first-order chi connectivity index (χ1) is 11.0. The summed E-state index contributed by atoms with van der Waals surface area (Å²) in [6.07, 6.45) is 5.40. The molecule has 0 radical (unpaired) electrons. The molecule has 2 atom stereocenters. The third-order valence-electron chi connectivity index (χ3n) is 4.27. The van der Waals surface area contributed by atoms with Crippen LogP contribution in [0.3, 0.4) is 0 Å². The maximum atomic E-state index is 11.9. The topological polar surface area (TPSA) is 77.7 Å². The number of amides is 2. The Morgan fingerprint density at radius 2 is 2.13 bits per heavy atom. The lowest BCUT2D eigenvalue weighted by Gasteiger charge is -2.29.